The lowest BCUT2D eigenvalue weighted by atomic mass is 9.97. The summed E-state index contributed by atoms with van der Waals surface area (Å²) in [5.41, 5.74) is 18.5. The molecule has 2 aliphatic heterocycles. The second-order valence-electron chi connectivity index (χ2n) is 9.26. The number of fused-ring (bicyclic) bond motifs is 1. The third-order valence-electron chi connectivity index (χ3n) is 6.51. The number of carbonyl (C=O) groups excluding carboxylic acids is 1. The van der Waals surface area contributed by atoms with Gasteiger partial charge in [0.2, 0.25) is 0 Å². The standard InChI is InChI=1S/C25H46N6O2/c1-2-3-4-5-6-8-11-15-20-22(21-16-14-18-31(21)25(28)30-20)23(32)33-19-13-10-7-9-12-17-29-24(26)27/h21H,2-19H2,1H3,(H2,28,30)(H4,26,27,29). The van der Waals surface area contributed by atoms with E-state index in [0.29, 0.717) is 19.1 Å². The molecule has 8 nitrogen and oxygen atoms in total. The van der Waals surface area contributed by atoms with Crippen LogP contribution < -0.4 is 17.2 Å². The highest BCUT2D eigenvalue weighted by Crippen LogP contribution is 2.32. The van der Waals surface area contributed by atoms with Crippen molar-refractivity contribution in [2.75, 3.05) is 19.7 Å². The molecule has 0 aliphatic carbocycles. The number of aliphatic imine (C=N–C) groups is 2. The summed E-state index contributed by atoms with van der Waals surface area (Å²) in [6, 6.07) is 0.0325. The molecule has 1 fully saturated rings. The summed E-state index contributed by atoms with van der Waals surface area (Å²) in [5.74, 6) is 0.513. The number of hydrogen-bond donors (Lipinski definition) is 3. The molecule has 0 radical (unpaired) electrons. The number of allylic oxidation sites excluding steroid dienone is 1. The lowest BCUT2D eigenvalue weighted by Gasteiger charge is -2.32. The number of ether oxygens (including phenoxy) is 1. The van der Waals surface area contributed by atoms with Gasteiger partial charge in [0.1, 0.15) is 0 Å². The Kier molecular flexibility index (Phi) is 12.7. The molecule has 0 aromatic carbocycles. The highest BCUT2D eigenvalue weighted by molar-refractivity contribution is 5.94. The van der Waals surface area contributed by atoms with Crippen LogP contribution >= 0.6 is 0 Å². The molecular weight excluding hydrogens is 416 g/mol. The molecule has 6 N–H and O–H groups in total. The zero-order chi connectivity index (χ0) is 23.9. The number of guanidine groups is 2. The predicted molar refractivity (Wildman–Crippen MR) is 136 cm³/mol. The summed E-state index contributed by atoms with van der Waals surface area (Å²) >= 11 is 0. The van der Waals surface area contributed by atoms with Crippen molar-refractivity contribution < 1.29 is 9.53 Å². The molecule has 0 bridgehead atoms. The van der Waals surface area contributed by atoms with Crippen molar-refractivity contribution in [3.8, 4) is 0 Å². The Morgan fingerprint density at radius 3 is 2.42 bits per heavy atom. The van der Waals surface area contributed by atoms with Crippen LogP contribution in [-0.2, 0) is 9.53 Å². The predicted octanol–water partition coefficient (Wildman–Crippen LogP) is 3.94. The average molecular weight is 463 g/mol. The molecule has 0 aromatic rings. The monoisotopic (exact) mass is 462 g/mol. The van der Waals surface area contributed by atoms with Gasteiger partial charge in [-0.2, -0.15) is 0 Å². The van der Waals surface area contributed by atoms with Crippen molar-refractivity contribution in [1.29, 1.82) is 0 Å². The molecule has 1 atom stereocenters. The van der Waals surface area contributed by atoms with Crippen LogP contribution in [0.2, 0.25) is 0 Å². The molecule has 33 heavy (non-hydrogen) atoms. The van der Waals surface area contributed by atoms with E-state index >= 15 is 0 Å². The molecule has 0 aromatic heterocycles. The Hall–Kier alpha value is -2.25. The number of rotatable bonds is 17. The zero-order valence-electron chi connectivity index (χ0n) is 20.7. The van der Waals surface area contributed by atoms with Gasteiger partial charge in [-0.05, 0) is 38.5 Å². The average Bonchev–Trinajstić information content (AvgIpc) is 3.27. The van der Waals surface area contributed by atoms with Crippen LogP contribution in [0.1, 0.15) is 103 Å². The van der Waals surface area contributed by atoms with Crippen LogP contribution in [0.5, 0.6) is 0 Å². The van der Waals surface area contributed by atoms with Crippen molar-refractivity contribution in [1.82, 2.24) is 4.90 Å². The number of hydrogen-bond acceptors (Lipinski definition) is 6. The maximum absolute atomic E-state index is 13.0. The molecular formula is C25H46N6O2. The molecule has 8 heteroatoms. The molecule has 2 rings (SSSR count). The normalized spacial score (nSPS) is 17.7. The number of carbonyl (C=O) groups is 1. The fourth-order valence-electron chi connectivity index (χ4n) is 4.69. The number of unbranched alkanes of at least 4 members (excludes halogenated alkanes) is 10. The molecule has 0 saturated carbocycles. The first-order chi connectivity index (χ1) is 16.0. The van der Waals surface area contributed by atoms with Gasteiger partial charge in [0, 0.05) is 13.1 Å². The Morgan fingerprint density at radius 1 is 1.03 bits per heavy atom. The van der Waals surface area contributed by atoms with Gasteiger partial charge >= 0.3 is 5.97 Å². The van der Waals surface area contributed by atoms with Crippen LogP contribution in [0.25, 0.3) is 0 Å². The second-order valence-corrected chi connectivity index (χ2v) is 9.26. The van der Waals surface area contributed by atoms with Crippen molar-refractivity contribution >= 4 is 17.9 Å². The maximum Gasteiger partial charge on any atom is 0.337 e. The molecule has 1 unspecified atom stereocenters. The molecule has 0 spiro atoms. The van der Waals surface area contributed by atoms with Gasteiger partial charge < -0.3 is 26.8 Å². The molecule has 188 valence electrons. The zero-order valence-corrected chi connectivity index (χ0v) is 20.7. The van der Waals surface area contributed by atoms with E-state index < -0.39 is 0 Å². The SMILES string of the molecule is CCCCCCCCCC1=C(C(=O)OCCCCCCCN=C(N)N)C2CCCN2C(N)=N1. The lowest BCUT2D eigenvalue weighted by molar-refractivity contribution is -0.139. The summed E-state index contributed by atoms with van der Waals surface area (Å²) in [4.78, 5) is 23.8. The van der Waals surface area contributed by atoms with Crippen LogP contribution in [-0.4, -0.2) is 48.5 Å². The van der Waals surface area contributed by atoms with Crippen molar-refractivity contribution in [3.63, 3.8) is 0 Å². The van der Waals surface area contributed by atoms with Gasteiger partial charge in [0.25, 0.3) is 0 Å². The van der Waals surface area contributed by atoms with E-state index in [9.17, 15) is 4.79 Å². The smallest absolute Gasteiger partial charge is 0.337 e. The van der Waals surface area contributed by atoms with Crippen LogP contribution in [0.4, 0.5) is 0 Å². The van der Waals surface area contributed by atoms with E-state index in [1.165, 1.54) is 38.5 Å². The molecule has 2 heterocycles. The van der Waals surface area contributed by atoms with Crippen molar-refractivity contribution in [2.24, 2.45) is 27.2 Å². The Bertz CT molecular complexity index is 684. The van der Waals surface area contributed by atoms with E-state index in [2.05, 4.69) is 21.8 Å². The van der Waals surface area contributed by atoms with Crippen molar-refractivity contribution in [2.45, 2.75) is 109 Å². The van der Waals surface area contributed by atoms with Gasteiger partial charge in [-0.25, -0.2) is 9.79 Å². The molecule has 1 saturated heterocycles. The third kappa shape index (κ3) is 9.64. The second kappa shape index (κ2) is 15.6. The van der Waals surface area contributed by atoms with E-state index in [0.717, 1.165) is 75.6 Å². The fraction of sp³-hybridized carbons (Fsp3) is 0.800. The minimum absolute atomic E-state index is 0.0325. The van der Waals surface area contributed by atoms with Crippen LogP contribution in [0.3, 0.4) is 0 Å². The molecule has 2 aliphatic rings. The largest absolute Gasteiger partial charge is 0.462 e. The summed E-state index contributed by atoms with van der Waals surface area (Å²) in [6.45, 7) is 4.23. The summed E-state index contributed by atoms with van der Waals surface area (Å²) in [6.07, 6.45) is 16.5. The first kappa shape index (κ1) is 27.0. The van der Waals surface area contributed by atoms with Crippen LogP contribution in [0, 0.1) is 0 Å². The van der Waals surface area contributed by atoms with E-state index in [1.54, 1.807) is 0 Å². The first-order valence-electron chi connectivity index (χ1n) is 13.1. The molecule has 0 amide bonds. The van der Waals surface area contributed by atoms with E-state index in [4.69, 9.17) is 21.9 Å². The fourth-order valence-corrected chi connectivity index (χ4v) is 4.69. The van der Waals surface area contributed by atoms with Gasteiger partial charge in [-0.1, -0.05) is 64.7 Å². The Labute approximate surface area is 200 Å². The Morgan fingerprint density at radius 2 is 1.70 bits per heavy atom. The minimum atomic E-state index is -0.200. The summed E-state index contributed by atoms with van der Waals surface area (Å²) in [5, 5.41) is 0. The topological polar surface area (TPSA) is 132 Å². The van der Waals surface area contributed by atoms with Gasteiger partial charge in [0.05, 0.1) is 23.9 Å². The minimum Gasteiger partial charge on any atom is -0.462 e. The van der Waals surface area contributed by atoms with Crippen LogP contribution in [0.15, 0.2) is 21.3 Å². The van der Waals surface area contributed by atoms with E-state index in [1.807, 2.05) is 0 Å². The first-order valence-corrected chi connectivity index (χ1v) is 13.1. The summed E-state index contributed by atoms with van der Waals surface area (Å²) < 4.78 is 5.70. The van der Waals surface area contributed by atoms with Gasteiger partial charge in [0.15, 0.2) is 11.9 Å². The number of nitrogens with zero attached hydrogens (tertiary/aromatic N) is 3. The third-order valence-corrected chi connectivity index (χ3v) is 6.51. The number of esters is 1. The van der Waals surface area contributed by atoms with Gasteiger partial charge in [-0.15, -0.1) is 0 Å². The summed E-state index contributed by atoms with van der Waals surface area (Å²) in [7, 11) is 0. The van der Waals surface area contributed by atoms with Crippen molar-refractivity contribution in [3.05, 3.63) is 11.3 Å². The quantitative estimate of drug-likeness (QED) is 0.130. The number of nitrogens with two attached hydrogens (primary N) is 3. The highest BCUT2D eigenvalue weighted by Gasteiger charge is 2.38. The highest BCUT2D eigenvalue weighted by atomic mass is 16.5. The lowest BCUT2D eigenvalue weighted by Crippen LogP contribution is -2.46. The van der Waals surface area contributed by atoms with Gasteiger partial charge in [-0.3, -0.25) is 4.99 Å². The maximum atomic E-state index is 13.0. The Balaban J connectivity index is 1.79. The van der Waals surface area contributed by atoms with E-state index in [-0.39, 0.29) is 18.0 Å².